The topological polar surface area (TPSA) is 38.1 Å². The molecule has 13 heavy (non-hydrogen) atoms. The van der Waals surface area contributed by atoms with Gasteiger partial charge < -0.3 is 4.90 Å². The Bertz CT molecular complexity index is 288. The highest BCUT2D eigenvalue weighted by molar-refractivity contribution is 5.74. The molecule has 0 spiro atoms. The van der Waals surface area contributed by atoms with E-state index in [0.29, 0.717) is 5.92 Å². The molecular weight excluding hydrogens is 166 g/mol. The van der Waals surface area contributed by atoms with Crippen molar-refractivity contribution in [1.29, 1.82) is 0 Å². The average Bonchev–Trinajstić information content (AvgIpc) is 2.46. The molecule has 4 heteroatoms. The zero-order chi connectivity index (χ0) is 9.26. The fraction of sp³-hybridized carbons (Fsp3) is 0.556. The number of aromatic nitrogens is 2. The van der Waals surface area contributed by atoms with Crippen molar-refractivity contribution >= 4 is 5.91 Å². The molecule has 1 amide bonds. The standard InChI is InChI=1S/C9H13N3O/c1-8(13)11-5-9(6-11)7-12-4-2-3-10-12/h2-4,9H,5-7H2,1H3. The number of carbonyl (C=O) groups is 1. The van der Waals surface area contributed by atoms with E-state index >= 15 is 0 Å². The van der Waals surface area contributed by atoms with Crippen LogP contribution in [-0.4, -0.2) is 33.7 Å². The molecule has 1 fully saturated rings. The van der Waals surface area contributed by atoms with Crippen molar-refractivity contribution in [2.75, 3.05) is 13.1 Å². The molecule has 1 aromatic heterocycles. The first-order valence-corrected chi connectivity index (χ1v) is 4.48. The molecule has 1 saturated heterocycles. The summed E-state index contributed by atoms with van der Waals surface area (Å²) in [5.74, 6) is 0.764. The largest absolute Gasteiger partial charge is 0.342 e. The maximum atomic E-state index is 10.9. The second kappa shape index (κ2) is 3.20. The van der Waals surface area contributed by atoms with Crippen LogP contribution >= 0.6 is 0 Å². The van der Waals surface area contributed by atoms with E-state index in [9.17, 15) is 4.79 Å². The molecule has 0 bridgehead atoms. The number of likely N-dealkylation sites (tertiary alicyclic amines) is 1. The summed E-state index contributed by atoms with van der Waals surface area (Å²) in [5, 5.41) is 4.12. The number of hydrogen-bond acceptors (Lipinski definition) is 2. The Morgan fingerprint density at radius 2 is 2.38 bits per heavy atom. The summed E-state index contributed by atoms with van der Waals surface area (Å²) in [5.41, 5.74) is 0. The Balaban J connectivity index is 1.79. The van der Waals surface area contributed by atoms with Gasteiger partial charge in [-0.3, -0.25) is 9.48 Å². The molecule has 0 N–H and O–H groups in total. The van der Waals surface area contributed by atoms with E-state index in [0.717, 1.165) is 19.6 Å². The third kappa shape index (κ3) is 1.71. The number of amides is 1. The predicted molar refractivity (Wildman–Crippen MR) is 48.0 cm³/mol. The van der Waals surface area contributed by atoms with Crippen LogP contribution in [0.1, 0.15) is 6.92 Å². The van der Waals surface area contributed by atoms with Gasteiger partial charge in [0.25, 0.3) is 0 Å². The zero-order valence-corrected chi connectivity index (χ0v) is 7.68. The highest BCUT2D eigenvalue weighted by atomic mass is 16.2. The monoisotopic (exact) mass is 179 g/mol. The third-order valence-electron chi connectivity index (χ3n) is 2.41. The molecule has 0 aromatic carbocycles. The van der Waals surface area contributed by atoms with Gasteiger partial charge in [0, 0.05) is 44.9 Å². The van der Waals surface area contributed by atoms with Crippen molar-refractivity contribution in [3.05, 3.63) is 18.5 Å². The van der Waals surface area contributed by atoms with E-state index in [2.05, 4.69) is 5.10 Å². The Kier molecular flexibility index (Phi) is 2.04. The van der Waals surface area contributed by atoms with Crippen molar-refractivity contribution in [1.82, 2.24) is 14.7 Å². The van der Waals surface area contributed by atoms with Crippen molar-refractivity contribution < 1.29 is 4.79 Å². The molecule has 1 aliphatic heterocycles. The smallest absolute Gasteiger partial charge is 0.219 e. The van der Waals surface area contributed by atoms with Gasteiger partial charge in [-0.15, -0.1) is 0 Å². The molecule has 2 rings (SSSR count). The van der Waals surface area contributed by atoms with Gasteiger partial charge in [0.1, 0.15) is 0 Å². The molecule has 70 valence electrons. The first-order chi connectivity index (χ1) is 6.25. The summed E-state index contributed by atoms with van der Waals surface area (Å²) >= 11 is 0. The summed E-state index contributed by atoms with van der Waals surface area (Å²) in [6.07, 6.45) is 3.73. The van der Waals surface area contributed by atoms with Crippen LogP contribution < -0.4 is 0 Å². The van der Waals surface area contributed by atoms with Gasteiger partial charge in [0.2, 0.25) is 5.91 Å². The summed E-state index contributed by atoms with van der Waals surface area (Å²) in [6.45, 7) is 4.31. The number of hydrogen-bond donors (Lipinski definition) is 0. The van der Waals surface area contributed by atoms with Crippen LogP contribution in [0.4, 0.5) is 0 Å². The van der Waals surface area contributed by atoms with E-state index in [1.54, 1.807) is 13.1 Å². The fourth-order valence-corrected chi connectivity index (χ4v) is 1.62. The minimum atomic E-state index is 0.178. The molecule has 0 unspecified atom stereocenters. The average molecular weight is 179 g/mol. The van der Waals surface area contributed by atoms with Gasteiger partial charge in [-0.1, -0.05) is 0 Å². The minimum Gasteiger partial charge on any atom is -0.342 e. The highest BCUT2D eigenvalue weighted by Crippen LogP contribution is 2.16. The summed E-state index contributed by atoms with van der Waals surface area (Å²) < 4.78 is 1.92. The molecular formula is C9H13N3O. The van der Waals surface area contributed by atoms with Gasteiger partial charge >= 0.3 is 0 Å². The molecule has 0 atom stereocenters. The SMILES string of the molecule is CC(=O)N1CC(Cn2cccn2)C1. The first kappa shape index (κ1) is 8.29. The maximum absolute atomic E-state index is 10.9. The normalized spacial score (nSPS) is 17.2. The van der Waals surface area contributed by atoms with Crippen LogP contribution in [0.15, 0.2) is 18.5 Å². The van der Waals surface area contributed by atoms with Gasteiger partial charge in [0.05, 0.1) is 0 Å². The van der Waals surface area contributed by atoms with E-state index in [1.165, 1.54) is 0 Å². The molecule has 2 heterocycles. The Morgan fingerprint density at radius 1 is 1.62 bits per heavy atom. The zero-order valence-electron chi connectivity index (χ0n) is 7.68. The lowest BCUT2D eigenvalue weighted by Gasteiger charge is -2.38. The van der Waals surface area contributed by atoms with Crippen LogP contribution in [0, 0.1) is 5.92 Å². The summed E-state index contributed by atoms with van der Waals surface area (Å²) in [6, 6.07) is 1.92. The lowest BCUT2D eigenvalue weighted by atomic mass is 10.0. The molecule has 4 nitrogen and oxygen atoms in total. The van der Waals surface area contributed by atoms with Gasteiger partial charge in [-0.25, -0.2) is 0 Å². The van der Waals surface area contributed by atoms with E-state index in [4.69, 9.17) is 0 Å². The Morgan fingerprint density at radius 3 is 2.92 bits per heavy atom. The summed E-state index contributed by atoms with van der Waals surface area (Å²) in [7, 11) is 0. The molecule has 1 aliphatic rings. The van der Waals surface area contributed by atoms with Crippen molar-refractivity contribution in [2.45, 2.75) is 13.5 Å². The predicted octanol–water partition coefficient (Wildman–Crippen LogP) is 0.361. The molecule has 0 aliphatic carbocycles. The van der Waals surface area contributed by atoms with Crippen LogP contribution in [0.5, 0.6) is 0 Å². The fourth-order valence-electron chi connectivity index (χ4n) is 1.62. The molecule has 0 radical (unpaired) electrons. The Hall–Kier alpha value is -1.32. The van der Waals surface area contributed by atoms with Crippen molar-refractivity contribution in [2.24, 2.45) is 5.92 Å². The van der Waals surface area contributed by atoms with E-state index < -0.39 is 0 Å². The lowest BCUT2D eigenvalue weighted by molar-refractivity contribution is -0.135. The van der Waals surface area contributed by atoms with Gasteiger partial charge in [-0.2, -0.15) is 5.10 Å². The van der Waals surface area contributed by atoms with Gasteiger partial charge in [-0.05, 0) is 6.07 Å². The maximum Gasteiger partial charge on any atom is 0.219 e. The molecule has 0 saturated carbocycles. The highest BCUT2D eigenvalue weighted by Gasteiger charge is 2.28. The summed E-state index contributed by atoms with van der Waals surface area (Å²) in [4.78, 5) is 12.7. The van der Waals surface area contributed by atoms with Crippen LogP contribution in [0.25, 0.3) is 0 Å². The van der Waals surface area contributed by atoms with E-state index in [1.807, 2.05) is 21.8 Å². The van der Waals surface area contributed by atoms with Crippen LogP contribution in [-0.2, 0) is 11.3 Å². The first-order valence-electron chi connectivity index (χ1n) is 4.48. The lowest BCUT2D eigenvalue weighted by Crippen LogP contribution is -2.50. The quantitative estimate of drug-likeness (QED) is 0.657. The number of nitrogens with zero attached hydrogens (tertiary/aromatic N) is 3. The van der Waals surface area contributed by atoms with E-state index in [-0.39, 0.29) is 5.91 Å². The third-order valence-corrected chi connectivity index (χ3v) is 2.41. The number of carbonyl (C=O) groups excluding carboxylic acids is 1. The Labute approximate surface area is 77.1 Å². The van der Waals surface area contributed by atoms with Crippen molar-refractivity contribution in [3.63, 3.8) is 0 Å². The van der Waals surface area contributed by atoms with Crippen LogP contribution in [0.3, 0.4) is 0 Å². The minimum absolute atomic E-state index is 0.178. The van der Waals surface area contributed by atoms with Gasteiger partial charge in [0.15, 0.2) is 0 Å². The number of rotatable bonds is 2. The second-order valence-corrected chi connectivity index (χ2v) is 3.52. The molecule has 1 aromatic rings. The van der Waals surface area contributed by atoms with Crippen molar-refractivity contribution in [3.8, 4) is 0 Å². The van der Waals surface area contributed by atoms with Crippen LogP contribution in [0.2, 0.25) is 0 Å². The second-order valence-electron chi connectivity index (χ2n) is 3.52.